The summed E-state index contributed by atoms with van der Waals surface area (Å²) in [7, 11) is -3.22. The van der Waals surface area contributed by atoms with Crippen molar-refractivity contribution in [2.24, 2.45) is 0 Å². The number of amides is 1. The predicted molar refractivity (Wildman–Crippen MR) is 118 cm³/mol. The minimum absolute atomic E-state index is 0.0293. The predicted octanol–water partition coefficient (Wildman–Crippen LogP) is 2.68. The summed E-state index contributed by atoms with van der Waals surface area (Å²) >= 11 is 3.39. The number of carbonyl (C=O) groups is 1. The average molecular weight is 492 g/mol. The molecular weight excluding hydrogens is 470 g/mol. The maximum Gasteiger partial charge on any atom is 0.262 e. The van der Waals surface area contributed by atoms with Crippen molar-refractivity contribution in [1.82, 2.24) is 19.8 Å². The molecule has 0 radical (unpaired) electrons. The maximum absolute atomic E-state index is 12.6. The van der Waals surface area contributed by atoms with E-state index in [1.807, 2.05) is 30.3 Å². The third kappa shape index (κ3) is 5.16. The first-order chi connectivity index (χ1) is 14.3. The summed E-state index contributed by atoms with van der Waals surface area (Å²) in [6.45, 7) is 2.34. The van der Waals surface area contributed by atoms with E-state index in [1.165, 1.54) is 10.4 Å². The number of carbonyl (C=O) groups excluding carboxylic acids is 1. The molecule has 1 aromatic carbocycles. The van der Waals surface area contributed by atoms with E-state index in [4.69, 9.17) is 0 Å². The number of piperidine rings is 1. The summed E-state index contributed by atoms with van der Waals surface area (Å²) in [5, 5.41) is 19.3. The van der Waals surface area contributed by atoms with E-state index in [9.17, 15) is 18.5 Å². The SMILES string of the molecule is CCS(=O)(=O)N1CCC(NC(=O)C(C#N)=Cc2cn[nH]c2-c2ccc(Br)cc2)CC1. The van der Waals surface area contributed by atoms with Gasteiger partial charge in [0.15, 0.2) is 0 Å². The number of H-pyrrole nitrogens is 1. The van der Waals surface area contributed by atoms with Crippen LogP contribution in [0, 0.1) is 11.3 Å². The lowest BCUT2D eigenvalue weighted by molar-refractivity contribution is -0.117. The van der Waals surface area contributed by atoms with Crippen LogP contribution >= 0.6 is 15.9 Å². The van der Waals surface area contributed by atoms with Gasteiger partial charge in [-0.15, -0.1) is 0 Å². The molecule has 0 bridgehead atoms. The highest BCUT2D eigenvalue weighted by atomic mass is 79.9. The summed E-state index contributed by atoms with van der Waals surface area (Å²) in [6, 6.07) is 9.37. The van der Waals surface area contributed by atoms with E-state index in [0.717, 1.165) is 10.0 Å². The lowest BCUT2D eigenvalue weighted by atomic mass is 10.0. The van der Waals surface area contributed by atoms with Gasteiger partial charge in [0, 0.05) is 34.7 Å². The zero-order chi connectivity index (χ0) is 21.7. The Kier molecular flexibility index (Phi) is 7.07. The van der Waals surface area contributed by atoms with E-state index >= 15 is 0 Å². The van der Waals surface area contributed by atoms with Gasteiger partial charge in [0.1, 0.15) is 11.6 Å². The van der Waals surface area contributed by atoms with E-state index in [-0.39, 0.29) is 17.4 Å². The quantitative estimate of drug-likeness (QED) is 0.475. The van der Waals surface area contributed by atoms with Crippen molar-refractivity contribution in [2.45, 2.75) is 25.8 Å². The summed E-state index contributed by atoms with van der Waals surface area (Å²) in [4.78, 5) is 12.6. The Bertz CT molecular complexity index is 1080. The van der Waals surface area contributed by atoms with Gasteiger partial charge in [-0.2, -0.15) is 10.4 Å². The third-order valence-corrected chi connectivity index (χ3v) is 7.42. The van der Waals surface area contributed by atoms with Crippen LogP contribution in [0.4, 0.5) is 0 Å². The van der Waals surface area contributed by atoms with Crippen LogP contribution in [-0.2, 0) is 14.8 Å². The second-order valence-electron chi connectivity index (χ2n) is 6.92. The number of nitrogens with zero attached hydrogens (tertiary/aromatic N) is 3. The molecule has 2 aromatic rings. The van der Waals surface area contributed by atoms with Crippen molar-refractivity contribution in [1.29, 1.82) is 5.26 Å². The zero-order valence-electron chi connectivity index (χ0n) is 16.4. The van der Waals surface area contributed by atoms with Gasteiger partial charge >= 0.3 is 0 Å². The second kappa shape index (κ2) is 9.55. The highest BCUT2D eigenvalue weighted by Crippen LogP contribution is 2.25. The Morgan fingerprint density at radius 1 is 1.37 bits per heavy atom. The summed E-state index contributed by atoms with van der Waals surface area (Å²) in [6.07, 6.45) is 4.10. The lowest BCUT2D eigenvalue weighted by Crippen LogP contribution is -2.47. The average Bonchev–Trinajstić information content (AvgIpc) is 3.21. The van der Waals surface area contributed by atoms with Crippen molar-refractivity contribution >= 4 is 37.9 Å². The largest absolute Gasteiger partial charge is 0.349 e. The highest BCUT2D eigenvalue weighted by Gasteiger charge is 2.28. The van der Waals surface area contributed by atoms with Crippen LogP contribution in [0.3, 0.4) is 0 Å². The topological polar surface area (TPSA) is 119 Å². The molecule has 0 unspecified atom stereocenters. The normalized spacial score (nSPS) is 16.2. The first-order valence-electron chi connectivity index (χ1n) is 9.54. The van der Waals surface area contributed by atoms with Gasteiger partial charge in [-0.3, -0.25) is 9.89 Å². The van der Waals surface area contributed by atoms with Crippen LogP contribution in [0.2, 0.25) is 0 Å². The molecule has 30 heavy (non-hydrogen) atoms. The highest BCUT2D eigenvalue weighted by molar-refractivity contribution is 9.10. The van der Waals surface area contributed by atoms with Crippen molar-refractivity contribution in [3.05, 3.63) is 46.1 Å². The van der Waals surface area contributed by atoms with Crippen molar-refractivity contribution in [2.75, 3.05) is 18.8 Å². The Balaban J connectivity index is 1.69. The van der Waals surface area contributed by atoms with Gasteiger partial charge < -0.3 is 5.32 Å². The van der Waals surface area contributed by atoms with Crippen LogP contribution in [-0.4, -0.2) is 53.7 Å². The fourth-order valence-electron chi connectivity index (χ4n) is 3.28. The number of hydrogen-bond acceptors (Lipinski definition) is 5. The number of sulfonamides is 1. The van der Waals surface area contributed by atoms with Gasteiger partial charge in [0.25, 0.3) is 5.91 Å². The molecule has 1 aliphatic heterocycles. The number of rotatable bonds is 6. The molecule has 158 valence electrons. The number of nitrogens with one attached hydrogen (secondary N) is 2. The lowest BCUT2D eigenvalue weighted by Gasteiger charge is -2.31. The van der Waals surface area contributed by atoms with Crippen LogP contribution in [0.5, 0.6) is 0 Å². The number of benzene rings is 1. The van der Waals surface area contributed by atoms with Crippen LogP contribution in [0.25, 0.3) is 17.3 Å². The van der Waals surface area contributed by atoms with Crippen LogP contribution in [0.1, 0.15) is 25.3 Å². The third-order valence-electron chi connectivity index (χ3n) is 5.01. The van der Waals surface area contributed by atoms with E-state index in [0.29, 0.717) is 37.2 Å². The van der Waals surface area contributed by atoms with Crippen LogP contribution < -0.4 is 5.32 Å². The smallest absolute Gasteiger partial charge is 0.262 e. The molecule has 0 atom stereocenters. The monoisotopic (exact) mass is 491 g/mol. The summed E-state index contributed by atoms with van der Waals surface area (Å²) < 4.78 is 26.3. The molecule has 1 aliphatic rings. The molecule has 0 aliphatic carbocycles. The minimum Gasteiger partial charge on any atom is -0.349 e. The fraction of sp³-hybridized carbons (Fsp3) is 0.350. The fourth-order valence-corrected chi connectivity index (χ4v) is 4.68. The molecule has 0 spiro atoms. The molecule has 2 heterocycles. The summed E-state index contributed by atoms with van der Waals surface area (Å²) in [5.41, 5.74) is 2.19. The molecule has 0 saturated carbocycles. The van der Waals surface area contributed by atoms with E-state index in [1.54, 1.807) is 13.1 Å². The zero-order valence-corrected chi connectivity index (χ0v) is 18.8. The maximum atomic E-state index is 12.6. The summed E-state index contributed by atoms with van der Waals surface area (Å²) in [5.74, 6) is -0.409. The van der Waals surface area contributed by atoms with Crippen molar-refractivity contribution < 1.29 is 13.2 Å². The number of hydrogen-bond donors (Lipinski definition) is 2. The van der Waals surface area contributed by atoms with Crippen molar-refractivity contribution in [3.63, 3.8) is 0 Å². The first-order valence-corrected chi connectivity index (χ1v) is 11.9. The number of halogens is 1. The standard InChI is InChI=1S/C20H22BrN5O3S/c1-2-30(28,29)26-9-7-18(8-10-26)24-20(27)15(12-22)11-16-13-23-25-19(16)14-3-5-17(21)6-4-14/h3-6,11,13,18H,2,7-10H2,1H3,(H,23,25)(H,24,27). The Morgan fingerprint density at radius 2 is 2.03 bits per heavy atom. The first kappa shape index (κ1) is 22.2. The van der Waals surface area contributed by atoms with Crippen molar-refractivity contribution in [3.8, 4) is 17.3 Å². The van der Waals surface area contributed by atoms with Gasteiger partial charge in [0.05, 0.1) is 17.6 Å². The van der Waals surface area contributed by atoms with Gasteiger partial charge in [-0.1, -0.05) is 28.1 Å². The van der Waals surface area contributed by atoms with Gasteiger partial charge in [-0.25, -0.2) is 12.7 Å². The molecule has 1 amide bonds. The minimum atomic E-state index is -3.22. The second-order valence-corrected chi connectivity index (χ2v) is 10.1. The molecule has 10 heteroatoms. The Morgan fingerprint density at radius 3 is 2.63 bits per heavy atom. The number of aromatic amines is 1. The molecule has 1 fully saturated rings. The van der Waals surface area contributed by atoms with Gasteiger partial charge in [-0.05, 0) is 38.0 Å². The Hall–Kier alpha value is -2.48. The molecular formula is C20H22BrN5O3S. The number of nitriles is 1. The van der Waals surface area contributed by atoms with Crippen LogP contribution in [0.15, 0.2) is 40.5 Å². The molecule has 1 saturated heterocycles. The van der Waals surface area contributed by atoms with E-state index in [2.05, 4.69) is 31.4 Å². The Labute approximate surface area is 184 Å². The molecule has 3 rings (SSSR count). The van der Waals surface area contributed by atoms with E-state index < -0.39 is 15.9 Å². The molecule has 1 aromatic heterocycles. The molecule has 2 N–H and O–H groups in total. The molecule has 8 nitrogen and oxygen atoms in total. The number of aromatic nitrogens is 2. The van der Waals surface area contributed by atoms with Gasteiger partial charge in [0.2, 0.25) is 10.0 Å².